The lowest BCUT2D eigenvalue weighted by Crippen LogP contribution is -2.44. The summed E-state index contributed by atoms with van der Waals surface area (Å²) in [4.78, 5) is 18.8. The highest BCUT2D eigenvalue weighted by atomic mass is 16.7. The molecule has 2 aliphatic rings. The molecule has 0 aliphatic carbocycles. The number of fused-ring (bicyclic) bond motifs is 1. The van der Waals surface area contributed by atoms with E-state index in [1.807, 2.05) is 12.1 Å². The zero-order valence-electron chi connectivity index (χ0n) is 14.9. The van der Waals surface area contributed by atoms with Crippen LogP contribution in [0.3, 0.4) is 0 Å². The summed E-state index contributed by atoms with van der Waals surface area (Å²) in [7, 11) is 0. The smallest absolute Gasteiger partial charge is 0.319 e. The van der Waals surface area contributed by atoms with Gasteiger partial charge in [0.1, 0.15) is 0 Å². The Bertz CT molecular complexity index is 781. The van der Waals surface area contributed by atoms with Crippen LogP contribution >= 0.6 is 0 Å². The number of aromatic nitrogens is 1. The van der Waals surface area contributed by atoms with Crippen LogP contribution in [0.2, 0.25) is 0 Å². The number of rotatable bonds is 5. The molecule has 1 saturated heterocycles. The van der Waals surface area contributed by atoms with Crippen molar-refractivity contribution in [1.29, 1.82) is 0 Å². The molecule has 8 heteroatoms. The van der Waals surface area contributed by atoms with Crippen molar-refractivity contribution >= 4 is 11.7 Å². The van der Waals surface area contributed by atoms with E-state index in [9.17, 15) is 4.79 Å². The van der Waals surface area contributed by atoms with Crippen LogP contribution in [0, 0.1) is 0 Å². The molecule has 4 rings (SSSR count). The predicted molar refractivity (Wildman–Crippen MR) is 99.0 cm³/mol. The average molecular weight is 370 g/mol. The van der Waals surface area contributed by atoms with Gasteiger partial charge in [0.2, 0.25) is 6.79 Å². The zero-order valence-corrected chi connectivity index (χ0v) is 14.9. The lowest BCUT2D eigenvalue weighted by molar-refractivity contribution is 0.0167. The minimum absolute atomic E-state index is 0.0689. The van der Waals surface area contributed by atoms with Gasteiger partial charge < -0.3 is 24.8 Å². The first-order chi connectivity index (χ1) is 13.3. The highest BCUT2D eigenvalue weighted by Gasteiger charge is 2.23. The SMILES string of the molecule is O=C(NC[C@@H](c1ccncc1)N1CCOCC1)Nc1ccc2c(c1)OCO2. The molecule has 0 unspecified atom stereocenters. The number of nitrogens with zero attached hydrogens (tertiary/aromatic N) is 2. The maximum Gasteiger partial charge on any atom is 0.319 e. The van der Waals surface area contributed by atoms with E-state index in [1.165, 1.54) is 0 Å². The predicted octanol–water partition coefficient (Wildman–Crippen LogP) is 2.01. The summed E-state index contributed by atoms with van der Waals surface area (Å²) in [6.07, 6.45) is 3.55. The Morgan fingerprint density at radius 3 is 2.70 bits per heavy atom. The van der Waals surface area contributed by atoms with Crippen LogP contribution in [0.15, 0.2) is 42.7 Å². The monoisotopic (exact) mass is 370 g/mol. The molecule has 8 nitrogen and oxygen atoms in total. The second kappa shape index (κ2) is 8.24. The molecular weight excluding hydrogens is 348 g/mol. The molecule has 0 saturated carbocycles. The number of amides is 2. The lowest BCUT2D eigenvalue weighted by Gasteiger charge is -2.34. The number of urea groups is 1. The Morgan fingerprint density at radius 2 is 1.89 bits per heavy atom. The van der Waals surface area contributed by atoms with Crippen molar-refractivity contribution in [2.45, 2.75) is 6.04 Å². The normalized spacial score (nSPS) is 17.3. The molecule has 142 valence electrons. The van der Waals surface area contributed by atoms with Gasteiger partial charge in [-0.15, -0.1) is 0 Å². The molecule has 2 aliphatic heterocycles. The Morgan fingerprint density at radius 1 is 1.11 bits per heavy atom. The third-order valence-corrected chi connectivity index (χ3v) is 4.66. The largest absolute Gasteiger partial charge is 0.454 e. The first kappa shape index (κ1) is 17.6. The van der Waals surface area contributed by atoms with Crippen LogP contribution < -0.4 is 20.1 Å². The number of hydrogen-bond donors (Lipinski definition) is 2. The third-order valence-electron chi connectivity index (χ3n) is 4.66. The van der Waals surface area contributed by atoms with Crippen molar-refractivity contribution in [2.75, 3.05) is 45.0 Å². The molecule has 1 aromatic carbocycles. The van der Waals surface area contributed by atoms with E-state index < -0.39 is 0 Å². The van der Waals surface area contributed by atoms with E-state index in [0.29, 0.717) is 36.9 Å². The fourth-order valence-electron chi connectivity index (χ4n) is 3.27. The van der Waals surface area contributed by atoms with Crippen LogP contribution in [0.4, 0.5) is 10.5 Å². The molecule has 27 heavy (non-hydrogen) atoms. The van der Waals surface area contributed by atoms with E-state index in [0.717, 1.165) is 18.7 Å². The Balaban J connectivity index is 1.38. The number of morpholine rings is 1. The molecule has 1 fully saturated rings. The van der Waals surface area contributed by atoms with Gasteiger partial charge in [0.05, 0.1) is 19.3 Å². The van der Waals surface area contributed by atoms with E-state index in [-0.39, 0.29) is 18.9 Å². The summed E-state index contributed by atoms with van der Waals surface area (Å²) >= 11 is 0. The zero-order chi connectivity index (χ0) is 18.5. The minimum Gasteiger partial charge on any atom is -0.454 e. The fraction of sp³-hybridized carbons (Fsp3) is 0.368. The molecule has 0 spiro atoms. The molecule has 0 radical (unpaired) electrons. The molecule has 1 atom stereocenters. The quantitative estimate of drug-likeness (QED) is 0.838. The van der Waals surface area contributed by atoms with E-state index >= 15 is 0 Å². The molecule has 0 bridgehead atoms. The second-order valence-electron chi connectivity index (χ2n) is 6.35. The number of hydrogen-bond acceptors (Lipinski definition) is 6. The maximum atomic E-state index is 12.4. The number of carbonyl (C=O) groups is 1. The van der Waals surface area contributed by atoms with E-state index in [1.54, 1.807) is 30.6 Å². The molecule has 2 amide bonds. The van der Waals surface area contributed by atoms with Crippen LogP contribution in [0.1, 0.15) is 11.6 Å². The summed E-state index contributed by atoms with van der Waals surface area (Å²) in [6.45, 7) is 3.76. The Labute approximate surface area is 157 Å². The minimum atomic E-state index is -0.263. The van der Waals surface area contributed by atoms with Crippen molar-refractivity contribution in [3.05, 3.63) is 48.3 Å². The number of ether oxygens (including phenoxy) is 3. The molecule has 1 aromatic heterocycles. The molecule has 2 N–H and O–H groups in total. The number of pyridine rings is 1. The van der Waals surface area contributed by atoms with Gasteiger partial charge >= 0.3 is 6.03 Å². The molecule has 2 aromatic rings. The average Bonchev–Trinajstić information content (AvgIpc) is 3.18. The van der Waals surface area contributed by atoms with Crippen molar-refractivity contribution in [3.8, 4) is 11.5 Å². The van der Waals surface area contributed by atoms with Crippen molar-refractivity contribution in [3.63, 3.8) is 0 Å². The summed E-state index contributed by atoms with van der Waals surface area (Å²) < 4.78 is 16.1. The number of nitrogens with one attached hydrogen (secondary N) is 2. The second-order valence-corrected chi connectivity index (χ2v) is 6.35. The van der Waals surface area contributed by atoms with Gasteiger partial charge in [-0.25, -0.2) is 4.79 Å². The van der Waals surface area contributed by atoms with Gasteiger partial charge in [-0.05, 0) is 29.8 Å². The first-order valence-corrected chi connectivity index (χ1v) is 8.96. The fourth-order valence-corrected chi connectivity index (χ4v) is 3.27. The topological polar surface area (TPSA) is 85.0 Å². The highest BCUT2D eigenvalue weighted by Crippen LogP contribution is 2.34. The highest BCUT2D eigenvalue weighted by molar-refractivity contribution is 5.89. The van der Waals surface area contributed by atoms with Gasteiger partial charge in [0, 0.05) is 43.8 Å². The lowest BCUT2D eigenvalue weighted by atomic mass is 10.1. The van der Waals surface area contributed by atoms with Crippen LogP contribution in [-0.4, -0.2) is 55.6 Å². The standard InChI is InChI=1S/C19H22N4O4/c24-19(22-15-1-2-17-18(11-15)27-13-26-17)21-12-16(14-3-5-20-6-4-14)23-7-9-25-10-8-23/h1-6,11,16H,7-10,12-13H2,(H2,21,22,24)/t16-/m0/s1. The Kier molecular flexibility index (Phi) is 5.36. The summed E-state index contributed by atoms with van der Waals surface area (Å²) in [5.74, 6) is 1.32. The number of carbonyl (C=O) groups excluding carboxylic acids is 1. The number of anilines is 1. The van der Waals surface area contributed by atoms with Gasteiger partial charge in [0.15, 0.2) is 11.5 Å². The van der Waals surface area contributed by atoms with Crippen LogP contribution in [0.5, 0.6) is 11.5 Å². The maximum absolute atomic E-state index is 12.4. The summed E-state index contributed by atoms with van der Waals surface area (Å²) in [6, 6.07) is 9.10. The van der Waals surface area contributed by atoms with Gasteiger partial charge in [-0.1, -0.05) is 0 Å². The van der Waals surface area contributed by atoms with E-state index in [2.05, 4.69) is 20.5 Å². The summed E-state index contributed by atoms with van der Waals surface area (Å²) in [5.41, 5.74) is 1.78. The van der Waals surface area contributed by atoms with Gasteiger partial charge in [0.25, 0.3) is 0 Å². The third kappa shape index (κ3) is 4.29. The van der Waals surface area contributed by atoms with Crippen molar-refractivity contribution < 1.29 is 19.0 Å². The molecular formula is C19H22N4O4. The van der Waals surface area contributed by atoms with Crippen molar-refractivity contribution in [2.24, 2.45) is 0 Å². The Hall–Kier alpha value is -2.84. The number of benzene rings is 1. The van der Waals surface area contributed by atoms with E-state index in [4.69, 9.17) is 14.2 Å². The summed E-state index contributed by atoms with van der Waals surface area (Å²) in [5, 5.41) is 5.81. The first-order valence-electron chi connectivity index (χ1n) is 8.96. The van der Waals surface area contributed by atoms with Gasteiger partial charge in [-0.2, -0.15) is 0 Å². The molecule has 3 heterocycles. The van der Waals surface area contributed by atoms with Crippen LogP contribution in [0.25, 0.3) is 0 Å². The van der Waals surface area contributed by atoms with Gasteiger partial charge in [-0.3, -0.25) is 9.88 Å². The van der Waals surface area contributed by atoms with Crippen LogP contribution in [-0.2, 0) is 4.74 Å². The van der Waals surface area contributed by atoms with Crippen molar-refractivity contribution in [1.82, 2.24) is 15.2 Å².